The molecule has 1 N–H and O–H groups in total. The van der Waals surface area contributed by atoms with E-state index in [-0.39, 0.29) is 0 Å². The lowest BCUT2D eigenvalue weighted by Crippen LogP contribution is -2.26. The normalized spacial score (nSPS) is 11.3. The number of hydrogen-bond donors (Lipinski definition) is 1. The number of anilines is 1. The largest absolute Gasteiger partial charge is 0.444 e. The molecule has 1 aromatic heterocycles. The second-order valence-electron chi connectivity index (χ2n) is 4.14. The lowest BCUT2D eigenvalue weighted by Gasteiger charge is -2.19. The third-order valence-corrected chi connectivity index (χ3v) is 2.95. The molecular weight excluding hydrogens is 234 g/mol. The molecule has 1 rings (SSSR count). The van der Waals surface area contributed by atoms with Gasteiger partial charge in [0.25, 0.3) is 0 Å². The molecule has 0 spiro atoms. The van der Waals surface area contributed by atoms with Crippen LogP contribution in [-0.4, -0.2) is 11.7 Å². The van der Waals surface area contributed by atoms with Crippen LogP contribution in [0.4, 0.5) is 9.80 Å². The Morgan fingerprint density at radius 1 is 1.53 bits per heavy atom. The Hall–Kier alpha value is -0.740. The van der Waals surface area contributed by atoms with Crippen LogP contribution in [0.1, 0.15) is 25.6 Å². The zero-order valence-electron chi connectivity index (χ0n) is 9.18. The number of ether oxygens (including phenoxy) is 1. The fourth-order valence-corrected chi connectivity index (χ4v) is 2.01. The van der Waals surface area contributed by atoms with E-state index < -0.39 is 11.7 Å². The van der Waals surface area contributed by atoms with Gasteiger partial charge in [-0.3, -0.25) is 5.32 Å². The number of nitrogens with one attached hydrogen (secondary N) is 1. The highest BCUT2D eigenvalue weighted by Gasteiger charge is 2.16. The van der Waals surface area contributed by atoms with Crippen molar-refractivity contribution in [2.45, 2.75) is 33.3 Å². The van der Waals surface area contributed by atoms with Gasteiger partial charge in [0.1, 0.15) is 5.60 Å². The van der Waals surface area contributed by atoms with Crippen LogP contribution in [0.15, 0.2) is 6.07 Å². The first-order valence-electron chi connectivity index (χ1n) is 4.54. The summed E-state index contributed by atoms with van der Waals surface area (Å²) in [4.78, 5) is 12.4. The second kappa shape index (κ2) is 4.41. The molecule has 0 fully saturated rings. The van der Waals surface area contributed by atoms with Gasteiger partial charge in [-0.25, -0.2) is 4.79 Å². The zero-order valence-corrected chi connectivity index (χ0v) is 10.8. The van der Waals surface area contributed by atoms with Crippen molar-refractivity contribution in [3.8, 4) is 0 Å². The number of carbonyl (C=O) groups excluding carboxylic acids is 1. The minimum atomic E-state index is -0.486. The molecule has 0 bridgehead atoms. The molecule has 0 saturated carbocycles. The molecule has 1 amide bonds. The average molecular weight is 248 g/mol. The van der Waals surface area contributed by atoms with Crippen molar-refractivity contribution in [2.75, 3.05) is 5.32 Å². The topological polar surface area (TPSA) is 38.3 Å². The van der Waals surface area contributed by atoms with E-state index in [2.05, 4.69) is 5.32 Å². The van der Waals surface area contributed by atoms with Crippen LogP contribution in [0, 0.1) is 6.92 Å². The first-order valence-corrected chi connectivity index (χ1v) is 5.73. The average Bonchev–Trinajstić information content (AvgIpc) is 2.26. The maximum Gasteiger partial charge on any atom is 0.412 e. The molecule has 0 unspecified atom stereocenters. The maximum atomic E-state index is 11.4. The number of rotatable bonds is 1. The summed E-state index contributed by atoms with van der Waals surface area (Å²) in [5.74, 6) is 0. The molecular formula is C10H14ClNO2S. The molecule has 0 aliphatic heterocycles. The molecule has 0 aliphatic carbocycles. The van der Waals surface area contributed by atoms with Gasteiger partial charge in [0.05, 0.1) is 10.0 Å². The summed E-state index contributed by atoms with van der Waals surface area (Å²) in [6, 6.07) is 1.71. The quantitative estimate of drug-likeness (QED) is 0.813. The summed E-state index contributed by atoms with van der Waals surface area (Å²) < 4.78 is 5.10. The van der Waals surface area contributed by atoms with Gasteiger partial charge in [-0.15, -0.1) is 11.3 Å². The van der Waals surface area contributed by atoms with Gasteiger partial charge in [-0.05, 0) is 33.8 Å². The van der Waals surface area contributed by atoms with Gasteiger partial charge in [0.2, 0.25) is 0 Å². The van der Waals surface area contributed by atoms with E-state index in [1.165, 1.54) is 11.3 Å². The van der Waals surface area contributed by atoms with Crippen molar-refractivity contribution in [1.29, 1.82) is 0 Å². The highest BCUT2D eigenvalue weighted by Crippen LogP contribution is 2.30. The first kappa shape index (κ1) is 12.3. The molecule has 1 heterocycles. The van der Waals surface area contributed by atoms with Crippen LogP contribution < -0.4 is 5.32 Å². The van der Waals surface area contributed by atoms with Crippen molar-refractivity contribution < 1.29 is 9.53 Å². The van der Waals surface area contributed by atoms with Gasteiger partial charge in [0, 0.05) is 4.88 Å². The van der Waals surface area contributed by atoms with Crippen molar-refractivity contribution in [3.05, 3.63) is 16.0 Å². The van der Waals surface area contributed by atoms with E-state index in [4.69, 9.17) is 16.3 Å². The lowest BCUT2D eigenvalue weighted by molar-refractivity contribution is 0.0636. The minimum absolute atomic E-state index is 0.458. The van der Waals surface area contributed by atoms with Crippen LogP contribution >= 0.6 is 22.9 Å². The molecule has 15 heavy (non-hydrogen) atoms. The number of thiophene rings is 1. The Bertz CT molecular complexity index is 348. The number of hydrogen-bond acceptors (Lipinski definition) is 3. The molecule has 0 saturated heterocycles. The maximum absolute atomic E-state index is 11.4. The van der Waals surface area contributed by atoms with Crippen LogP contribution in [0.5, 0.6) is 0 Å². The van der Waals surface area contributed by atoms with Gasteiger partial charge in [0.15, 0.2) is 0 Å². The molecule has 84 valence electrons. The Morgan fingerprint density at radius 2 is 2.13 bits per heavy atom. The third kappa shape index (κ3) is 4.10. The molecule has 0 radical (unpaired) electrons. The van der Waals surface area contributed by atoms with Gasteiger partial charge in [-0.1, -0.05) is 11.6 Å². The monoisotopic (exact) mass is 247 g/mol. The van der Waals surface area contributed by atoms with Gasteiger partial charge < -0.3 is 4.74 Å². The fourth-order valence-electron chi connectivity index (χ4n) is 0.926. The highest BCUT2D eigenvalue weighted by atomic mass is 35.5. The molecule has 5 heteroatoms. The summed E-state index contributed by atoms with van der Waals surface area (Å²) in [6.07, 6.45) is -0.458. The second-order valence-corrected chi connectivity index (χ2v) is 5.81. The van der Waals surface area contributed by atoms with Crippen molar-refractivity contribution in [1.82, 2.24) is 0 Å². The predicted octanol–water partition coefficient (Wildman–Crippen LogP) is 4.06. The van der Waals surface area contributed by atoms with Crippen LogP contribution in [0.3, 0.4) is 0 Å². The first-order chi connectivity index (χ1) is 6.78. The van der Waals surface area contributed by atoms with Gasteiger partial charge in [-0.2, -0.15) is 0 Å². The molecule has 1 aromatic rings. The standard InChI is InChI=1S/C10H14ClNO2S/c1-6-7(11)5-8(15-6)12-9(13)14-10(2,3)4/h5H,1-4H3,(H,12,13). The summed E-state index contributed by atoms with van der Waals surface area (Å²) in [7, 11) is 0. The molecule has 0 aliphatic rings. The van der Waals surface area contributed by atoms with E-state index >= 15 is 0 Å². The number of carbonyl (C=O) groups is 1. The number of halogens is 1. The zero-order chi connectivity index (χ0) is 11.6. The summed E-state index contributed by atoms with van der Waals surface area (Å²) in [6.45, 7) is 7.35. The summed E-state index contributed by atoms with van der Waals surface area (Å²) in [5.41, 5.74) is -0.486. The number of aryl methyl sites for hydroxylation is 1. The Labute approximate surface area is 98.4 Å². The molecule has 0 aromatic carbocycles. The van der Waals surface area contributed by atoms with E-state index in [0.717, 1.165) is 4.88 Å². The summed E-state index contributed by atoms with van der Waals surface area (Å²) in [5, 5.41) is 3.99. The predicted molar refractivity (Wildman–Crippen MR) is 63.9 cm³/mol. The third-order valence-electron chi connectivity index (χ3n) is 1.48. The minimum Gasteiger partial charge on any atom is -0.444 e. The van der Waals surface area contributed by atoms with Crippen LogP contribution in [0.25, 0.3) is 0 Å². The Morgan fingerprint density at radius 3 is 2.53 bits per heavy atom. The van der Waals surface area contributed by atoms with Gasteiger partial charge >= 0.3 is 6.09 Å². The van der Waals surface area contributed by atoms with E-state index in [1.54, 1.807) is 6.07 Å². The van der Waals surface area contributed by atoms with E-state index in [1.807, 2.05) is 27.7 Å². The fraction of sp³-hybridized carbons (Fsp3) is 0.500. The number of amides is 1. The SMILES string of the molecule is Cc1sc(NC(=O)OC(C)(C)C)cc1Cl. The van der Waals surface area contributed by atoms with Crippen molar-refractivity contribution >= 4 is 34.0 Å². The van der Waals surface area contributed by atoms with E-state index in [0.29, 0.717) is 10.0 Å². The van der Waals surface area contributed by atoms with Crippen LogP contribution in [0.2, 0.25) is 5.02 Å². The lowest BCUT2D eigenvalue weighted by atomic mass is 10.2. The molecule has 0 atom stereocenters. The van der Waals surface area contributed by atoms with Crippen molar-refractivity contribution in [2.24, 2.45) is 0 Å². The highest BCUT2D eigenvalue weighted by molar-refractivity contribution is 7.16. The Kier molecular flexibility index (Phi) is 3.62. The summed E-state index contributed by atoms with van der Waals surface area (Å²) >= 11 is 7.29. The molecule has 3 nitrogen and oxygen atoms in total. The van der Waals surface area contributed by atoms with E-state index in [9.17, 15) is 4.79 Å². The smallest absolute Gasteiger partial charge is 0.412 e. The van der Waals surface area contributed by atoms with Crippen LogP contribution in [-0.2, 0) is 4.74 Å². The van der Waals surface area contributed by atoms with Crippen molar-refractivity contribution in [3.63, 3.8) is 0 Å². The Balaban J connectivity index is 2.59.